The zero-order chi connectivity index (χ0) is 74.7. The molecule has 0 amide bonds. The van der Waals surface area contributed by atoms with Crippen LogP contribution in [0.25, 0.3) is 22.7 Å². The van der Waals surface area contributed by atoms with Gasteiger partial charge in [-0.25, -0.2) is 38.7 Å². The van der Waals surface area contributed by atoms with Gasteiger partial charge in [0.2, 0.25) is 0 Å². The van der Waals surface area contributed by atoms with E-state index in [2.05, 4.69) is 20.0 Å². The van der Waals surface area contributed by atoms with E-state index >= 15 is 0 Å². The third kappa shape index (κ3) is 21.6. The number of aliphatic imine (C=N–C) groups is 4. The van der Waals surface area contributed by atoms with Gasteiger partial charge in [0.25, 0.3) is 22.2 Å². The van der Waals surface area contributed by atoms with Gasteiger partial charge in [-0.15, -0.1) is 0 Å². The molecule has 32 nitrogen and oxygen atoms in total. The van der Waals surface area contributed by atoms with Gasteiger partial charge in [-0.3, -0.25) is 37.9 Å². The van der Waals surface area contributed by atoms with Crippen molar-refractivity contribution in [3.8, 4) is 68.7 Å². The largest absolute Gasteiger partial charge is 2.00 e. The standard InChI is InChI=1S/4C19H18N3O4.4Co.4H2O/c4*1-21-15(12-23)17(19(25)22(21)14-8-4-3-5-9-14)20-11-13-7-6-10-16(26-2)18(13)24;;;;;;;;/h4*3-11,24H,12H2,1-2H3;;;;;4*1H2/q4*-1;4*+2;;;;. The Morgan fingerprint density at radius 1 is 0.286 bits per heavy atom. The smallest absolute Gasteiger partial charge is 0.870 e. The van der Waals surface area contributed by atoms with Crippen LogP contribution in [0.3, 0.4) is 0 Å². The van der Waals surface area contributed by atoms with E-state index in [1.807, 2.05) is 24.3 Å². The van der Waals surface area contributed by atoms with Crippen LogP contribution in [0.1, 0.15) is 45.0 Å². The van der Waals surface area contributed by atoms with Gasteiger partial charge in [0.05, 0.1) is 51.2 Å². The predicted octanol–water partition coefficient (Wildman–Crippen LogP) is -0.221. The van der Waals surface area contributed by atoms with Crippen molar-refractivity contribution in [3.05, 3.63) is 281 Å². The Balaban J connectivity index is 0.000000729. The summed E-state index contributed by atoms with van der Waals surface area (Å²) in [5, 5.41) is 95.2. The predicted molar refractivity (Wildman–Crippen MR) is 397 cm³/mol. The molecule has 12 rings (SSSR count). The monoisotopic (exact) mass is 1720 g/mol. The molecule has 0 bridgehead atoms. The summed E-state index contributed by atoms with van der Waals surface area (Å²) in [6.45, 7) is -2.44. The fourth-order valence-electron chi connectivity index (χ4n) is 10.9. The fourth-order valence-corrected chi connectivity index (χ4v) is 10.9. The molecule has 12 N–H and O–H groups in total. The summed E-state index contributed by atoms with van der Waals surface area (Å²) in [6.07, 6.45) is 5.15. The van der Waals surface area contributed by atoms with Gasteiger partial charge in [0.15, 0.2) is 0 Å². The summed E-state index contributed by atoms with van der Waals surface area (Å²) in [5.41, 5.74) is 2.97. The van der Waals surface area contributed by atoms with Crippen LogP contribution in [0.2, 0.25) is 0 Å². The topological polar surface area (TPSA) is 511 Å². The van der Waals surface area contributed by atoms with Gasteiger partial charge in [0.1, 0.15) is 45.7 Å². The quantitative estimate of drug-likeness (QED) is 0.0703. The zero-order valence-electron chi connectivity index (χ0n) is 61.2. The Kier molecular flexibility index (Phi) is 40.8. The normalized spacial score (nSPS) is 10.4. The third-order valence-electron chi connectivity index (χ3n) is 16.2. The summed E-state index contributed by atoms with van der Waals surface area (Å²) in [6, 6.07) is 55.0. The first-order valence-electron chi connectivity index (χ1n) is 31.6. The molecule has 4 radical (unpaired) electrons. The van der Waals surface area contributed by atoms with Crippen molar-refractivity contribution < 1.29 is 149 Å². The molecule has 0 saturated carbocycles. The second-order valence-corrected chi connectivity index (χ2v) is 22.2. The molecule has 0 aliphatic heterocycles. The van der Waals surface area contributed by atoms with Crippen LogP contribution in [0.15, 0.2) is 233 Å². The van der Waals surface area contributed by atoms with Crippen LogP contribution in [0.5, 0.6) is 46.0 Å². The molecule has 8 aromatic carbocycles. The Morgan fingerprint density at radius 2 is 0.455 bits per heavy atom. The van der Waals surface area contributed by atoms with Crippen LogP contribution in [-0.4, -0.2) is 90.8 Å². The van der Waals surface area contributed by atoms with Crippen LogP contribution in [-0.2, 0) is 144 Å². The van der Waals surface area contributed by atoms with Crippen molar-refractivity contribution in [1.82, 2.24) is 37.5 Å². The minimum atomic E-state index is -0.611. The van der Waals surface area contributed by atoms with E-state index in [-0.39, 0.29) is 203 Å². The van der Waals surface area contributed by atoms with Gasteiger partial charge in [-0.1, -0.05) is 171 Å². The average molecular weight is 1720 g/mol. The Bertz CT molecular complexity index is 4710. The van der Waals surface area contributed by atoms with Gasteiger partial charge in [0, 0.05) is 75.8 Å². The van der Waals surface area contributed by atoms with Gasteiger partial charge in [-0.2, -0.15) is 0 Å². The number of hydrogen-bond donors (Lipinski definition) is 0. The number of methoxy groups -OCH3 is 4. The molecule has 596 valence electrons. The van der Waals surface area contributed by atoms with E-state index in [1.54, 1.807) is 198 Å². The van der Waals surface area contributed by atoms with Crippen LogP contribution in [0, 0.1) is 0 Å². The van der Waals surface area contributed by atoms with Gasteiger partial charge >= 0.3 is 67.1 Å². The first-order valence-corrected chi connectivity index (χ1v) is 31.6. The number of hydrogen-bond acceptors (Lipinski definition) is 20. The van der Waals surface area contributed by atoms with E-state index < -0.39 is 48.7 Å². The van der Waals surface area contributed by atoms with E-state index in [1.165, 1.54) is 90.8 Å². The molecule has 4 heterocycles. The molecular formula is C76H80Co4N12O20+4. The number of rotatable bonds is 20. The molecule has 12 aromatic rings. The SMILES string of the molecule is COc1cccc(C=Nc2c(C[O-])n(C)n(-c3ccccc3)c2=O)c1[O-].COc1cccc(C=Nc2c(C[O-])n(C)n(-c3ccccc3)c2=O)c1[O-].COc1cccc(C=Nc2c(C[O-])n(C)n(-c3ccccc3)c2=O)c1[O-].COc1cccc(C=Nc2c(C[O-])n(C)n(-c3ccccc3)c2=O)c1[O-].[Co+2].[Co+2].[Co+2].[Co+2].[OH3+].[OH3+].[OH3+].[OH3+]. The Labute approximate surface area is 681 Å². The summed E-state index contributed by atoms with van der Waals surface area (Å²) in [5.74, 6) is -0.576. The minimum Gasteiger partial charge on any atom is -0.870 e. The summed E-state index contributed by atoms with van der Waals surface area (Å²) in [4.78, 5) is 67.8. The second kappa shape index (κ2) is 46.3. The maximum atomic E-state index is 12.8. The summed E-state index contributed by atoms with van der Waals surface area (Å²) in [7, 11) is 12.1. The molecule has 0 aliphatic carbocycles. The van der Waals surface area contributed by atoms with Crippen molar-refractivity contribution in [2.24, 2.45) is 48.2 Å². The van der Waals surface area contributed by atoms with Gasteiger partial charge < -0.3 is 81.7 Å². The fraction of sp³-hybridized carbons (Fsp3) is 0.158. The van der Waals surface area contributed by atoms with E-state index in [0.29, 0.717) is 22.7 Å². The van der Waals surface area contributed by atoms with Crippen molar-refractivity contribution in [3.63, 3.8) is 0 Å². The maximum absolute atomic E-state index is 12.8. The minimum absolute atomic E-state index is 0. The van der Waals surface area contributed by atoms with E-state index in [0.717, 1.165) is 0 Å². The van der Waals surface area contributed by atoms with E-state index in [9.17, 15) is 60.0 Å². The molecular weight excluding hydrogens is 1640 g/mol. The number of benzene rings is 8. The molecule has 0 atom stereocenters. The molecule has 112 heavy (non-hydrogen) atoms. The number of ether oxygens (including phenoxy) is 4. The van der Waals surface area contributed by atoms with Gasteiger partial charge in [-0.05, 0) is 95.1 Å². The molecule has 0 saturated heterocycles. The maximum Gasteiger partial charge on any atom is 2.00 e. The van der Waals surface area contributed by atoms with Crippen LogP contribution >= 0.6 is 0 Å². The average Bonchev–Trinajstić information content (AvgIpc) is 1.65. The molecule has 0 spiro atoms. The Hall–Kier alpha value is -11.4. The molecule has 0 unspecified atom stereocenters. The summed E-state index contributed by atoms with van der Waals surface area (Å²) < 4.78 is 31.4. The number of nitrogens with zero attached hydrogens (tertiary/aromatic N) is 12. The van der Waals surface area contributed by atoms with Crippen molar-refractivity contribution in [1.29, 1.82) is 0 Å². The zero-order valence-corrected chi connectivity index (χ0v) is 65.3. The number of para-hydroxylation sites is 8. The first-order chi connectivity index (χ1) is 50.3. The first kappa shape index (κ1) is 98.6. The molecule has 0 fully saturated rings. The van der Waals surface area contributed by atoms with Crippen molar-refractivity contribution in [2.45, 2.75) is 26.4 Å². The molecule has 0 aliphatic rings. The number of aromatic nitrogens is 8. The second-order valence-electron chi connectivity index (χ2n) is 22.2. The Morgan fingerprint density at radius 3 is 0.607 bits per heavy atom. The molecule has 36 heteroatoms. The van der Waals surface area contributed by atoms with Crippen LogP contribution < -0.4 is 82.0 Å². The third-order valence-corrected chi connectivity index (χ3v) is 16.2. The van der Waals surface area contributed by atoms with E-state index in [4.69, 9.17) is 18.9 Å². The van der Waals surface area contributed by atoms with Crippen LogP contribution in [0.4, 0.5) is 22.7 Å². The summed E-state index contributed by atoms with van der Waals surface area (Å²) >= 11 is 0. The molecule has 4 aromatic heterocycles. The van der Waals surface area contributed by atoms with Crippen molar-refractivity contribution in [2.75, 3.05) is 28.4 Å². The van der Waals surface area contributed by atoms with Crippen molar-refractivity contribution >= 4 is 47.6 Å².